The summed E-state index contributed by atoms with van der Waals surface area (Å²) in [6, 6.07) is 10.7. The number of nitrogens with one attached hydrogen (secondary N) is 1. The van der Waals surface area contributed by atoms with Gasteiger partial charge in [0.05, 0.1) is 0 Å². The van der Waals surface area contributed by atoms with Gasteiger partial charge >= 0.3 is 0 Å². The van der Waals surface area contributed by atoms with Crippen molar-refractivity contribution in [2.24, 2.45) is 0 Å². The first-order valence-corrected chi connectivity index (χ1v) is 7.34. The van der Waals surface area contributed by atoms with Crippen molar-refractivity contribution in [1.29, 1.82) is 0 Å². The van der Waals surface area contributed by atoms with Crippen LogP contribution in [0.3, 0.4) is 0 Å². The lowest BCUT2D eigenvalue weighted by molar-refractivity contribution is 0.469. The van der Waals surface area contributed by atoms with E-state index in [1.54, 1.807) is 6.07 Å². The molecule has 2 rings (SSSR count). The normalized spacial score (nSPS) is 10.7. The highest BCUT2D eigenvalue weighted by atomic mass is 19.1. The summed E-state index contributed by atoms with van der Waals surface area (Å²) in [7, 11) is 0. The molecule has 0 atom stereocenters. The fraction of sp³-hybridized carbons (Fsp3) is 0.333. The fourth-order valence-corrected chi connectivity index (χ4v) is 2.15. The van der Waals surface area contributed by atoms with Crippen LogP contribution in [0.25, 0.3) is 0 Å². The first-order chi connectivity index (χ1) is 10.1. The van der Waals surface area contributed by atoms with Crippen LogP contribution in [-0.2, 0) is 6.54 Å². The van der Waals surface area contributed by atoms with Gasteiger partial charge in [-0.1, -0.05) is 25.1 Å². The van der Waals surface area contributed by atoms with Crippen LogP contribution in [0.15, 0.2) is 36.4 Å². The second kappa shape index (κ2) is 7.23. The van der Waals surface area contributed by atoms with E-state index in [0.29, 0.717) is 5.75 Å². The molecule has 0 aliphatic rings. The van der Waals surface area contributed by atoms with Crippen LogP contribution >= 0.6 is 0 Å². The second-order valence-corrected chi connectivity index (χ2v) is 5.29. The van der Waals surface area contributed by atoms with E-state index in [2.05, 4.69) is 18.3 Å². The van der Waals surface area contributed by atoms with E-state index >= 15 is 0 Å². The summed E-state index contributed by atoms with van der Waals surface area (Å²) in [5, 5.41) is 3.37. The first-order valence-electron chi connectivity index (χ1n) is 7.34. The predicted molar refractivity (Wildman–Crippen MR) is 84.4 cm³/mol. The van der Waals surface area contributed by atoms with Gasteiger partial charge in [-0.3, -0.25) is 0 Å². The number of rotatable bonds is 6. The average molecular weight is 287 g/mol. The van der Waals surface area contributed by atoms with Crippen LogP contribution in [0.4, 0.5) is 4.39 Å². The Balaban J connectivity index is 2.12. The van der Waals surface area contributed by atoms with Gasteiger partial charge in [-0.05, 0) is 55.6 Å². The Morgan fingerprint density at radius 1 is 1.00 bits per heavy atom. The summed E-state index contributed by atoms with van der Waals surface area (Å²) in [5.74, 6) is 1.05. The lowest BCUT2D eigenvalue weighted by Crippen LogP contribution is -2.13. The lowest BCUT2D eigenvalue weighted by Gasteiger charge is -2.12. The molecule has 0 aliphatic carbocycles. The molecule has 0 amide bonds. The molecule has 0 aromatic heterocycles. The molecule has 0 radical (unpaired) electrons. The van der Waals surface area contributed by atoms with E-state index in [1.807, 2.05) is 26.0 Å². The summed E-state index contributed by atoms with van der Waals surface area (Å²) >= 11 is 0. The van der Waals surface area contributed by atoms with E-state index < -0.39 is 0 Å². The van der Waals surface area contributed by atoms with Crippen LogP contribution in [0.2, 0.25) is 0 Å². The third-order valence-corrected chi connectivity index (χ3v) is 3.37. The second-order valence-electron chi connectivity index (χ2n) is 5.29. The van der Waals surface area contributed by atoms with Gasteiger partial charge < -0.3 is 10.1 Å². The highest BCUT2D eigenvalue weighted by Gasteiger charge is 2.06. The molecular formula is C18H22FNO. The zero-order valence-corrected chi connectivity index (χ0v) is 12.9. The van der Waals surface area contributed by atoms with Gasteiger partial charge in [-0.15, -0.1) is 0 Å². The van der Waals surface area contributed by atoms with Crippen molar-refractivity contribution >= 4 is 0 Å². The largest absolute Gasteiger partial charge is 0.457 e. The zero-order chi connectivity index (χ0) is 15.2. The highest BCUT2D eigenvalue weighted by Crippen LogP contribution is 2.28. The van der Waals surface area contributed by atoms with Crippen molar-refractivity contribution in [3.63, 3.8) is 0 Å². The first kappa shape index (κ1) is 15.5. The maximum Gasteiger partial charge on any atom is 0.133 e. The number of halogens is 1. The SMILES string of the molecule is CCCNCc1ccc(Oc2cc(F)ccc2C)c(C)c1. The Labute approximate surface area is 126 Å². The minimum atomic E-state index is -0.284. The van der Waals surface area contributed by atoms with Gasteiger partial charge in [0.25, 0.3) is 0 Å². The summed E-state index contributed by atoms with van der Waals surface area (Å²) in [6.07, 6.45) is 1.12. The number of hydrogen-bond acceptors (Lipinski definition) is 2. The average Bonchev–Trinajstić information content (AvgIpc) is 2.46. The van der Waals surface area contributed by atoms with Crippen molar-refractivity contribution in [3.05, 3.63) is 58.9 Å². The molecule has 0 fully saturated rings. The molecule has 2 nitrogen and oxygen atoms in total. The van der Waals surface area contributed by atoms with Crippen LogP contribution in [0, 0.1) is 19.7 Å². The minimum Gasteiger partial charge on any atom is -0.457 e. The summed E-state index contributed by atoms with van der Waals surface area (Å²) in [6.45, 7) is 7.94. The van der Waals surface area contributed by atoms with E-state index in [1.165, 1.54) is 17.7 Å². The maximum absolute atomic E-state index is 13.3. The molecule has 0 aliphatic heterocycles. The summed E-state index contributed by atoms with van der Waals surface area (Å²) in [4.78, 5) is 0. The molecule has 2 aromatic rings. The molecule has 0 saturated carbocycles. The Morgan fingerprint density at radius 2 is 1.81 bits per heavy atom. The molecule has 0 unspecified atom stereocenters. The topological polar surface area (TPSA) is 21.3 Å². The molecular weight excluding hydrogens is 265 g/mol. The molecule has 1 N–H and O–H groups in total. The molecule has 0 saturated heterocycles. The van der Waals surface area contributed by atoms with Gasteiger partial charge in [0, 0.05) is 12.6 Å². The Kier molecular flexibility index (Phi) is 5.34. The van der Waals surface area contributed by atoms with Gasteiger partial charge in [-0.2, -0.15) is 0 Å². The third kappa shape index (κ3) is 4.30. The van der Waals surface area contributed by atoms with Gasteiger partial charge in [0.15, 0.2) is 0 Å². The van der Waals surface area contributed by atoms with Crippen molar-refractivity contribution in [2.75, 3.05) is 6.54 Å². The van der Waals surface area contributed by atoms with Crippen molar-refractivity contribution in [2.45, 2.75) is 33.7 Å². The maximum atomic E-state index is 13.3. The van der Waals surface area contributed by atoms with Crippen molar-refractivity contribution < 1.29 is 9.13 Å². The molecule has 0 bridgehead atoms. The van der Waals surface area contributed by atoms with Gasteiger partial charge in [-0.25, -0.2) is 4.39 Å². The standard InChI is InChI=1S/C18H22FNO/c1-4-9-20-12-15-6-8-17(14(3)10-15)21-18-11-16(19)7-5-13(18)2/h5-8,10-11,20H,4,9,12H2,1-3H3. The molecule has 3 heteroatoms. The van der Waals surface area contributed by atoms with Crippen LogP contribution < -0.4 is 10.1 Å². The van der Waals surface area contributed by atoms with Crippen LogP contribution in [0.5, 0.6) is 11.5 Å². The number of ether oxygens (including phenoxy) is 1. The Bertz CT molecular complexity index is 610. The fourth-order valence-electron chi connectivity index (χ4n) is 2.15. The monoisotopic (exact) mass is 287 g/mol. The molecule has 2 aromatic carbocycles. The molecule has 0 spiro atoms. The van der Waals surface area contributed by atoms with Gasteiger partial charge in [0.2, 0.25) is 0 Å². The lowest BCUT2D eigenvalue weighted by atomic mass is 10.1. The van der Waals surface area contributed by atoms with Crippen LogP contribution in [0.1, 0.15) is 30.0 Å². The summed E-state index contributed by atoms with van der Waals surface area (Å²) in [5.41, 5.74) is 3.20. The van der Waals surface area contributed by atoms with E-state index in [4.69, 9.17) is 4.74 Å². The molecule has 0 heterocycles. The number of aryl methyl sites for hydroxylation is 2. The van der Waals surface area contributed by atoms with Gasteiger partial charge in [0.1, 0.15) is 17.3 Å². The predicted octanol–water partition coefficient (Wildman–Crippen LogP) is 4.73. The zero-order valence-electron chi connectivity index (χ0n) is 12.9. The smallest absolute Gasteiger partial charge is 0.133 e. The summed E-state index contributed by atoms with van der Waals surface area (Å²) < 4.78 is 19.1. The van der Waals surface area contributed by atoms with E-state index in [9.17, 15) is 4.39 Å². The molecule has 21 heavy (non-hydrogen) atoms. The number of benzene rings is 2. The third-order valence-electron chi connectivity index (χ3n) is 3.37. The van der Waals surface area contributed by atoms with Crippen molar-refractivity contribution in [1.82, 2.24) is 5.32 Å². The number of hydrogen-bond donors (Lipinski definition) is 1. The van der Waals surface area contributed by atoms with Crippen molar-refractivity contribution in [3.8, 4) is 11.5 Å². The van der Waals surface area contributed by atoms with E-state index in [0.717, 1.165) is 36.4 Å². The Hall–Kier alpha value is -1.87. The van der Waals surface area contributed by atoms with E-state index in [-0.39, 0.29) is 5.82 Å². The minimum absolute atomic E-state index is 0.284. The highest BCUT2D eigenvalue weighted by molar-refractivity contribution is 5.42. The quantitative estimate of drug-likeness (QED) is 0.775. The Morgan fingerprint density at radius 3 is 2.52 bits per heavy atom. The molecule has 112 valence electrons. The van der Waals surface area contributed by atoms with Crippen LogP contribution in [-0.4, -0.2) is 6.54 Å².